The van der Waals surface area contributed by atoms with Crippen molar-refractivity contribution in [3.63, 3.8) is 0 Å². The first-order valence-electron chi connectivity index (χ1n) is 7.80. The summed E-state index contributed by atoms with van der Waals surface area (Å²) in [5, 5.41) is 3.57. The molecule has 3 heteroatoms. The highest BCUT2D eigenvalue weighted by atomic mass is 79.9. The Balaban J connectivity index is 1.97. The lowest BCUT2D eigenvalue weighted by atomic mass is 9.92. The Morgan fingerprint density at radius 3 is 2.65 bits per heavy atom. The Labute approximate surface area is 131 Å². The molecule has 3 unspecified atom stereocenters. The fourth-order valence-electron chi connectivity index (χ4n) is 2.90. The van der Waals surface area contributed by atoms with E-state index < -0.39 is 0 Å². The number of benzene rings is 1. The van der Waals surface area contributed by atoms with Crippen molar-refractivity contribution in [2.24, 2.45) is 0 Å². The van der Waals surface area contributed by atoms with Crippen LogP contribution in [0.25, 0.3) is 0 Å². The maximum Gasteiger partial charge on any atom is 0.0586 e. The topological polar surface area (TPSA) is 21.3 Å². The van der Waals surface area contributed by atoms with Crippen molar-refractivity contribution >= 4 is 15.9 Å². The SMILES string of the molecule is CCCNCC(CC1CCC(C)O1)c1ccc(Br)cc1. The van der Waals surface area contributed by atoms with Gasteiger partial charge in [-0.25, -0.2) is 0 Å². The Morgan fingerprint density at radius 2 is 2.05 bits per heavy atom. The number of ether oxygens (including phenoxy) is 1. The molecule has 1 heterocycles. The summed E-state index contributed by atoms with van der Waals surface area (Å²) in [7, 11) is 0. The van der Waals surface area contributed by atoms with Gasteiger partial charge in [0.2, 0.25) is 0 Å². The highest BCUT2D eigenvalue weighted by Crippen LogP contribution is 2.29. The third-order valence-corrected chi connectivity index (χ3v) is 4.55. The zero-order chi connectivity index (χ0) is 14.4. The average Bonchev–Trinajstić information content (AvgIpc) is 2.84. The minimum atomic E-state index is 0.432. The summed E-state index contributed by atoms with van der Waals surface area (Å²) in [5.41, 5.74) is 1.42. The van der Waals surface area contributed by atoms with Crippen molar-refractivity contribution in [1.82, 2.24) is 5.32 Å². The summed E-state index contributed by atoms with van der Waals surface area (Å²) in [4.78, 5) is 0. The number of hydrogen-bond donors (Lipinski definition) is 1. The van der Waals surface area contributed by atoms with E-state index in [2.05, 4.69) is 59.4 Å². The van der Waals surface area contributed by atoms with Gasteiger partial charge in [0.05, 0.1) is 12.2 Å². The largest absolute Gasteiger partial charge is 0.375 e. The first kappa shape index (κ1) is 16.0. The Morgan fingerprint density at radius 1 is 1.30 bits per heavy atom. The van der Waals surface area contributed by atoms with E-state index in [1.54, 1.807) is 0 Å². The molecule has 2 rings (SSSR count). The van der Waals surface area contributed by atoms with E-state index in [-0.39, 0.29) is 0 Å². The monoisotopic (exact) mass is 339 g/mol. The van der Waals surface area contributed by atoms with Crippen LogP contribution in [0.3, 0.4) is 0 Å². The minimum absolute atomic E-state index is 0.432. The molecule has 20 heavy (non-hydrogen) atoms. The third-order valence-electron chi connectivity index (χ3n) is 4.03. The van der Waals surface area contributed by atoms with Crippen LogP contribution in [-0.2, 0) is 4.74 Å². The molecule has 0 spiro atoms. The fraction of sp³-hybridized carbons (Fsp3) is 0.647. The van der Waals surface area contributed by atoms with Gasteiger partial charge in [-0.05, 0) is 62.8 Å². The molecule has 0 saturated carbocycles. The van der Waals surface area contributed by atoms with Crippen LogP contribution in [0.2, 0.25) is 0 Å². The van der Waals surface area contributed by atoms with E-state index in [1.807, 2.05) is 0 Å². The summed E-state index contributed by atoms with van der Waals surface area (Å²) in [6.45, 7) is 6.53. The van der Waals surface area contributed by atoms with E-state index >= 15 is 0 Å². The molecule has 1 aromatic rings. The highest BCUT2D eigenvalue weighted by Gasteiger charge is 2.25. The number of rotatable bonds is 7. The molecular formula is C17H26BrNO. The zero-order valence-corrected chi connectivity index (χ0v) is 14.2. The van der Waals surface area contributed by atoms with Crippen molar-refractivity contribution in [2.45, 2.75) is 57.7 Å². The summed E-state index contributed by atoms with van der Waals surface area (Å²) in [5.74, 6) is 0.546. The summed E-state index contributed by atoms with van der Waals surface area (Å²) < 4.78 is 7.15. The molecule has 1 saturated heterocycles. The lowest BCUT2D eigenvalue weighted by molar-refractivity contribution is 0.0466. The van der Waals surface area contributed by atoms with Gasteiger partial charge in [-0.15, -0.1) is 0 Å². The van der Waals surface area contributed by atoms with Crippen LogP contribution in [0.4, 0.5) is 0 Å². The van der Waals surface area contributed by atoms with Crippen molar-refractivity contribution in [3.8, 4) is 0 Å². The Kier molecular flexibility index (Phi) is 6.53. The summed E-state index contributed by atoms with van der Waals surface area (Å²) in [6.07, 6.45) is 5.60. The molecule has 112 valence electrons. The van der Waals surface area contributed by atoms with Gasteiger partial charge in [0.25, 0.3) is 0 Å². The molecule has 0 bridgehead atoms. The van der Waals surface area contributed by atoms with E-state index in [0.717, 1.165) is 24.0 Å². The van der Waals surface area contributed by atoms with E-state index in [1.165, 1.54) is 24.8 Å². The number of nitrogens with one attached hydrogen (secondary N) is 1. The van der Waals surface area contributed by atoms with Gasteiger partial charge in [0, 0.05) is 11.0 Å². The molecule has 1 aromatic carbocycles. The molecule has 0 aromatic heterocycles. The molecule has 1 N–H and O–H groups in total. The molecule has 3 atom stereocenters. The van der Waals surface area contributed by atoms with Crippen LogP contribution in [0.15, 0.2) is 28.7 Å². The Bertz CT molecular complexity index is 392. The van der Waals surface area contributed by atoms with Gasteiger partial charge < -0.3 is 10.1 Å². The van der Waals surface area contributed by atoms with E-state index in [0.29, 0.717) is 18.1 Å². The maximum absolute atomic E-state index is 6.01. The molecule has 0 aliphatic carbocycles. The van der Waals surface area contributed by atoms with Gasteiger partial charge in [0.1, 0.15) is 0 Å². The van der Waals surface area contributed by atoms with E-state index in [4.69, 9.17) is 4.74 Å². The van der Waals surface area contributed by atoms with E-state index in [9.17, 15) is 0 Å². The first-order valence-corrected chi connectivity index (χ1v) is 8.60. The summed E-state index contributed by atoms with van der Waals surface area (Å²) in [6, 6.07) is 8.75. The van der Waals surface area contributed by atoms with Crippen LogP contribution >= 0.6 is 15.9 Å². The molecule has 0 radical (unpaired) electrons. The normalized spacial score (nSPS) is 23.9. The predicted molar refractivity (Wildman–Crippen MR) is 88.2 cm³/mol. The second-order valence-electron chi connectivity index (χ2n) is 5.83. The minimum Gasteiger partial charge on any atom is -0.375 e. The first-order chi connectivity index (χ1) is 9.69. The predicted octanol–water partition coefficient (Wildman–Crippen LogP) is 4.49. The standard InChI is InChI=1S/C17H26BrNO/c1-3-10-19-12-15(11-17-9-4-13(2)20-17)14-5-7-16(18)8-6-14/h5-8,13,15,17,19H,3-4,9-12H2,1-2H3. The number of hydrogen-bond acceptors (Lipinski definition) is 2. The van der Waals surface area contributed by atoms with Gasteiger partial charge in [0.15, 0.2) is 0 Å². The van der Waals surface area contributed by atoms with Crippen molar-refractivity contribution < 1.29 is 4.74 Å². The van der Waals surface area contributed by atoms with Crippen LogP contribution in [0, 0.1) is 0 Å². The molecule has 0 amide bonds. The van der Waals surface area contributed by atoms with Gasteiger partial charge >= 0.3 is 0 Å². The molecular weight excluding hydrogens is 314 g/mol. The molecule has 1 aliphatic rings. The molecule has 1 aliphatic heterocycles. The Hall–Kier alpha value is -0.380. The van der Waals surface area contributed by atoms with Crippen molar-refractivity contribution in [3.05, 3.63) is 34.3 Å². The second kappa shape index (κ2) is 8.16. The van der Waals surface area contributed by atoms with Crippen LogP contribution < -0.4 is 5.32 Å². The third kappa shape index (κ3) is 4.87. The van der Waals surface area contributed by atoms with Crippen LogP contribution in [0.5, 0.6) is 0 Å². The molecule has 1 fully saturated rings. The molecule has 2 nitrogen and oxygen atoms in total. The maximum atomic E-state index is 6.01. The van der Waals surface area contributed by atoms with Crippen molar-refractivity contribution in [2.75, 3.05) is 13.1 Å². The zero-order valence-electron chi connectivity index (χ0n) is 12.6. The lowest BCUT2D eigenvalue weighted by Gasteiger charge is -2.22. The van der Waals surface area contributed by atoms with Crippen molar-refractivity contribution in [1.29, 1.82) is 0 Å². The second-order valence-corrected chi connectivity index (χ2v) is 6.75. The van der Waals surface area contributed by atoms with Gasteiger partial charge in [-0.2, -0.15) is 0 Å². The lowest BCUT2D eigenvalue weighted by Crippen LogP contribution is -2.25. The highest BCUT2D eigenvalue weighted by molar-refractivity contribution is 9.10. The van der Waals surface area contributed by atoms with Gasteiger partial charge in [-0.3, -0.25) is 0 Å². The van der Waals surface area contributed by atoms with Crippen LogP contribution in [-0.4, -0.2) is 25.3 Å². The van der Waals surface area contributed by atoms with Crippen LogP contribution in [0.1, 0.15) is 51.0 Å². The smallest absolute Gasteiger partial charge is 0.0586 e. The van der Waals surface area contributed by atoms with Gasteiger partial charge in [-0.1, -0.05) is 35.0 Å². The summed E-state index contributed by atoms with van der Waals surface area (Å²) >= 11 is 3.51. The number of halogens is 1. The average molecular weight is 340 g/mol. The quantitative estimate of drug-likeness (QED) is 0.739. The fourth-order valence-corrected chi connectivity index (χ4v) is 3.17.